The average molecular weight is 300 g/mol. The molecule has 0 radical (unpaired) electrons. The highest BCUT2D eigenvalue weighted by atomic mass is 79.9. The fourth-order valence-corrected chi connectivity index (χ4v) is 1.68. The number of aliphatic hydroxyl groups excluding tert-OH is 1. The molecule has 1 atom stereocenters. The summed E-state index contributed by atoms with van der Waals surface area (Å²) in [7, 11) is 1.52. The van der Waals surface area contributed by atoms with Gasteiger partial charge in [-0.15, -0.1) is 23.2 Å². The van der Waals surface area contributed by atoms with Crippen LogP contribution in [-0.4, -0.2) is 17.1 Å². The maximum absolute atomic E-state index is 9.64. The topological polar surface area (TPSA) is 29.5 Å². The largest absolute Gasteiger partial charge is 0.496 e. The predicted octanol–water partition coefficient (Wildman–Crippen LogP) is 3.29. The van der Waals surface area contributed by atoms with Crippen molar-refractivity contribution in [2.75, 3.05) is 7.11 Å². The number of aliphatic hydroxyl groups is 1. The molecule has 0 saturated carbocycles. The third-order valence-corrected chi connectivity index (χ3v) is 2.72. The van der Waals surface area contributed by atoms with E-state index in [1.54, 1.807) is 18.2 Å². The first-order valence-corrected chi connectivity index (χ1v) is 5.52. The van der Waals surface area contributed by atoms with Gasteiger partial charge >= 0.3 is 0 Å². The Labute approximate surface area is 101 Å². The minimum atomic E-state index is -0.943. The Balaban J connectivity index is 3.07. The minimum absolute atomic E-state index is 0.554. The standard InChI is InChI=1S/C9H9BrCl2O2/c1-14-7-4-5(10)2-3-6(7)8(13)9(11)12/h2-4,8-9,13H,1H3. The quantitative estimate of drug-likeness (QED) is 0.868. The maximum Gasteiger partial charge on any atom is 0.137 e. The molecule has 0 spiro atoms. The van der Waals surface area contributed by atoms with E-state index in [2.05, 4.69) is 15.9 Å². The Hall–Kier alpha value is 0.0400. The van der Waals surface area contributed by atoms with E-state index < -0.39 is 10.9 Å². The number of rotatable bonds is 3. The van der Waals surface area contributed by atoms with Gasteiger partial charge in [0.05, 0.1) is 7.11 Å². The summed E-state index contributed by atoms with van der Waals surface area (Å²) in [5.41, 5.74) is 0.575. The lowest BCUT2D eigenvalue weighted by atomic mass is 10.1. The van der Waals surface area contributed by atoms with Gasteiger partial charge in [-0.25, -0.2) is 0 Å². The van der Waals surface area contributed by atoms with Crippen LogP contribution < -0.4 is 4.74 Å². The van der Waals surface area contributed by atoms with Crippen LogP contribution in [0.4, 0.5) is 0 Å². The summed E-state index contributed by atoms with van der Waals surface area (Å²) in [6.07, 6.45) is -0.943. The molecule has 2 nitrogen and oxygen atoms in total. The first kappa shape index (κ1) is 12.1. The zero-order valence-corrected chi connectivity index (χ0v) is 10.5. The Bertz CT molecular complexity index is 318. The summed E-state index contributed by atoms with van der Waals surface area (Å²) < 4.78 is 5.96. The monoisotopic (exact) mass is 298 g/mol. The molecule has 5 heteroatoms. The third-order valence-electron chi connectivity index (χ3n) is 1.75. The molecule has 1 aromatic carbocycles. The van der Waals surface area contributed by atoms with Crippen molar-refractivity contribution in [1.82, 2.24) is 0 Å². The van der Waals surface area contributed by atoms with Crippen LogP contribution in [0.2, 0.25) is 0 Å². The highest BCUT2D eigenvalue weighted by Crippen LogP contribution is 2.32. The van der Waals surface area contributed by atoms with E-state index in [0.717, 1.165) is 4.47 Å². The van der Waals surface area contributed by atoms with Crippen LogP contribution in [0, 0.1) is 0 Å². The van der Waals surface area contributed by atoms with Crippen LogP contribution in [0.1, 0.15) is 11.7 Å². The molecule has 1 N–H and O–H groups in total. The van der Waals surface area contributed by atoms with Gasteiger partial charge in [-0.05, 0) is 12.1 Å². The number of methoxy groups -OCH3 is 1. The molecule has 14 heavy (non-hydrogen) atoms. The molecular formula is C9H9BrCl2O2. The van der Waals surface area contributed by atoms with Crippen molar-refractivity contribution >= 4 is 39.1 Å². The molecule has 0 amide bonds. The van der Waals surface area contributed by atoms with Crippen LogP contribution in [0.25, 0.3) is 0 Å². The van der Waals surface area contributed by atoms with Crippen molar-refractivity contribution in [3.05, 3.63) is 28.2 Å². The second-order valence-corrected chi connectivity index (χ2v) is 4.75. The van der Waals surface area contributed by atoms with Crippen molar-refractivity contribution in [3.8, 4) is 5.75 Å². The van der Waals surface area contributed by atoms with Gasteiger partial charge in [-0.1, -0.05) is 22.0 Å². The summed E-state index contributed by atoms with van der Waals surface area (Å²) >= 11 is 14.5. The van der Waals surface area contributed by atoms with E-state index in [4.69, 9.17) is 27.9 Å². The van der Waals surface area contributed by atoms with Gasteiger partial charge in [0.25, 0.3) is 0 Å². The normalized spacial score (nSPS) is 13.0. The first-order chi connectivity index (χ1) is 6.56. The van der Waals surface area contributed by atoms with Crippen LogP contribution >= 0.6 is 39.1 Å². The molecule has 78 valence electrons. The SMILES string of the molecule is COc1cc(Br)ccc1C(O)C(Cl)Cl. The van der Waals surface area contributed by atoms with Gasteiger partial charge in [0, 0.05) is 10.0 Å². The van der Waals surface area contributed by atoms with E-state index in [1.807, 2.05) is 0 Å². The summed E-state index contributed by atoms with van der Waals surface area (Å²) in [5.74, 6) is 0.554. The van der Waals surface area contributed by atoms with Gasteiger partial charge in [-0.3, -0.25) is 0 Å². The van der Waals surface area contributed by atoms with E-state index in [1.165, 1.54) is 7.11 Å². The molecule has 1 aromatic rings. The fraction of sp³-hybridized carbons (Fsp3) is 0.333. The number of benzene rings is 1. The van der Waals surface area contributed by atoms with Crippen molar-refractivity contribution in [2.45, 2.75) is 10.9 Å². The first-order valence-electron chi connectivity index (χ1n) is 3.86. The van der Waals surface area contributed by atoms with Crippen molar-refractivity contribution in [2.24, 2.45) is 0 Å². The molecule has 0 aromatic heterocycles. The predicted molar refractivity (Wildman–Crippen MR) is 61.1 cm³/mol. The van der Waals surface area contributed by atoms with Crippen molar-refractivity contribution in [1.29, 1.82) is 0 Å². The van der Waals surface area contributed by atoms with Gasteiger partial charge < -0.3 is 9.84 Å². The summed E-state index contributed by atoms with van der Waals surface area (Å²) in [5, 5.41) is 9.64. The molecular weight excluding hydrogens is 291 g/mol. The molecule has 0 aliphatic carbocycles. The number of ether oxygens (including phenoxy) is 1. The van der Waals surface area contributed by atoms with E-state index in [-0.39, 0.29) is 0 Å². The highest BCUT2D eigenvalue weighted by Gasteiger charge is 2.19. The number of alkyl halides is 2. The zero-order chi connectivity index (χ0) is 10.7. The Morgan fingerprint density at radius 1 is 1.43 bits per heavy atom. The zero-order valence-electron chi connectivity index (χ0n) is 7.38. The van der Waals surface area contributed by atoms with Crippen LogP contribution in [0.5, 0.6) is 5.75 Å². The Morgan fingerprint density at radius 2 is 2.07 bits per heavy atom. The average Bonchev–Trinajstić information content (AvgIpc) is 2.16. The molecule has 0 aliphatic heterocycles. The second kappa shape index (κ2) is 5.21. The minimum Gasteiger partial charge on any atom is -0.496 e. The molecule has 1 unspecified atom stereocenters. The van der Waals surface area contributed by atoms with Gasteiger partial charge in [-0.2, -0.15) is 0 Å². The maximum atomic E-state index is 9.64. The summed E-state index contributed by atoms with van der Waals surface area (Å²) in [6.45, 7) is 0. The van der Waals surface area contributed by atoms with Gasteiger partial charge in [0.1, 0.15) is 16.7 Å². The Kier molecular flexibility index (Phi) is 4.51. The van der Waals surface area contributed by atoms with Crippen molar-refractivity contribution < 1.29 is 9.84 Å². The van der Waals surface area contributed by atoms with E-state index in [9.17, 15) is 5.11 Å². The molecule has 0 saturated heterocycles. The number of halogens is 3. The van der Waals surface area contributed by atoms with Crippen molar-refractivity contribution in [3.63, 3.8) is 0 Å². The molecule has 0 aliphatic rings. The molecule has 1 rings (SSSR count). The van der Waals surface area contributed by atoms with E-state index in [0.29, 0.717) is 11.3 Å². The van der Waals surface area contributed by atoms with E-state index >= 15 is 0 Å². The lowest BCUT2D eigenvalue weighted by Crippen LogP contribution is -2.07. The molecule has 0 fully saturated rings. The van der Waals surface area contributed by atoms with Gasteiger partial charge in [0.2, 0.25) is 0 Å². The summed E-state index contributed by atoms with van der Waals surface area (Å²) in [4.78, 5) is -0.870. The smallest absolute Gasteiger partial charge is 0.137 e. The van der Waals surface area contributed by atoms with Crippen LogP contribution in [-0.2, 0) is 0 Å². The third kappa shape index (κ3) is 2.76. The second-order valence-electron chi connectivity index (χ2n) is 2.67. The number of hydrogen-bond donors (Lipinski definition) is 1. The molecule has 0 bridgehead atoms. The van der Waals surface area contributed by atoms with Gasteiger partial charge in [0.15, 0.2) is 0 Å². The lowest BCUT2D eigenvalue weighted by molar-refractivity contribution is 0.188. The Morgan fingerprint density at radius 3 is 2.57 bits per heavy atom. The lowest BCUT2D eigenvalue weighted by Gasteiger charge is -2.15. The van der Waals surface area contributed by atoms with Crippen LogP contribution in [0.3, 0.4) is 0 Å². The number of hydrogen-bond acceptors (Lipinski definition) is 2. The fourth-order valence-electron chi connectivity index (χ4n) is 1.07. The summed E-state index contributed by atoms with van der Waals surface area (Å²) in [6, 6.07) is 5.25. The highest BCUT2D eigenvalue weighted by molar-refractivity contribution is 9.10. The molecule has 0 heterocycles. The van der Waals surface area contributed by atoms with Crippen LogP contribution in [0.15, 0.2) is 22.7 Å².